The predicted molar refractivity (Wildman–Crippen MR) is 91.4 cm³/mol. The van der Waals surface area contributed by atoms with Gasteiger partial charge in [-0.3, -0.25) is 15.1 Å². The first-order valence-corrected chi connectivity index (χ1v) is 8.84. The number of hydrogen-bond acceptors (Lipinski definition) is 6. The molecule has 9 heteroatoms. The molecule has 0 N–H and O–H groups in total. The zero-order valence-corrected chi connectivity index (χ0v) is 14.1. The lowest BCUT2D eigenvalue weighted by molar-refractivity contribution is -0.386. The molecule has 0 unspecified atom stereocenters. The third-order valence-electron chi connectivity index (χ3n) is 3.77. The van der Waals surface area contributed by atoms with Crippen molar-refractivity contribution in [1.82, 2.24) is 4.31 Å². The molecule has 1 aliphatic heterocycles. The fraction of sp³-hybridized carbons (Fsp3) is 0.188. The molecule has 0 spiro atoms. The molecule has 0 aromatic heterocycles. The van der Waals surface area contributed by atoms with Gasteiger partial charge in [-0.15, -0.1) is 0 Å². The maximum absolute atomic E-state index is 13.0. The summed E-state index contributed by atoms with van der Waals surface area (Å²) in [6, 6.07) is 12.5. The molecule has 130 valence electrons. The van der Waals surface area contributed by atoms with Crippen LogP contribution in [0, 0.1) is 10.1 Å². The summed E-state index contributed by atoms with van der Waals surface area (Å²) < 4.78 is 32.0. The molecule has 1 aliphatic rings. The topological polar surface area (TPSA) is 102 Å². The summed E-state index contributed by atoms with van der Waals surface area (Å²) in [6.07, 6.45) is 0. The van der Waals surface area contributed by atoms with E-state index in [-0.39, 0.29) is 17.2 Å². The molecule has 0 bridgehead atoms. The van der Waals surface area contributed by atoms with Crippen molar-refractivity contribution in [2.24, 2.45) is 4.99 Å². The fourth-order valence-electron chi connectivity index (χ4n) is 2.59. The summed E-state index contributed by atoms with van der Waals surface area (Å²) in [5.41, 5.74) is 0.271. The Balaban J connectivity index is 2.04. The lowest BCUT2D eigenvalue weighted by atomic mass is 10.2. The van der Waals surface area contributed by atoms with Crippen LogP contribution in [0.15, 0.2) is 58.4 Å². The second kappa shape index (κ2) is 6.52. The van der Waals surface area contributed by atoms with E-state index in [4.69, 9.17) is 4.74 Å². The van der Waals surface area contributed by atoms with Crippen molar-refractivity contribution < 1.29 is 18.1 Å². The smallest absolute Gasteiger partial charge is 0.312 e. The highest BCUT2D eigenvalue weighted by Gasteiger charge is 2.33. The van der Waals surface area contributed by atoms with Gasteiger partial charge in [-0.25, -0.2) is 12.7 Å². The molecule has 0 amide bonds. The zero-order valence-electron chi connectivity index (χ0n) is 13.3. The minimum atomic E-state index is -3.97. The average Bonchev–Trinajstić information content (AvgIpc) is 3.12. The Morgan fingerprint density at radius 2 is 1.92 bits per heavy atom. The zero-order chi connectivity index (χ0) is 18.0. The van der Waals surface area contributed by atoms with Crippen LogP contribution >= 0.6 is 0 Å². The predicted octanol–water partition coefficient (Wildman–Crippen LogP) is 2.05. The van der Waals surface area contributed by atoms with Crippen LogP contribution in [0.5, 0.6) is 5.75 Å². The number of rotatable bonds is 5. The van der Waals surface area contributed by atoms with E-state index >= 15 is 0 Å². The van der Waals surface area contributed by atoms with Crippen LogP contribution in [0.4, 0.5) is 5.69 Å². The van der Waals surface area contributed by atoms with Crippen molar-refractivity contribution in [3.63, 3.8) is 0 Å². The Morgan fingerprint density at radius 1 is 1.20 bits per heavy atom. The molecule has 1 heterocycles. The van der Waals surface area contributed by atoms with Gasteiger partial charge in [-0.2, -0.15) is 0 Å². The number of nitro groups is 1. The number of benzene rings is 2. The Bertz CT molecular complexity index is 941. The van der Waals surface area contributed by atoms with Crippen LogP contribution in [0.1, 0.15) is 5.56 Å². The summed E-state index contributed by atoms with van der Waals surface area (Å²) in [7, 11) is -2.69. The largest absolute Gasteiger partial charge is 0.490 e. The van der Waals surface area contributed by atoms with Gasteiger partial charge in [0.05, 0.1) is 30.0 Å². The normalized spacial score (nSPS) is 14.3. The molecule has 0 saturated heterocycles. The van der Waals surface area contributed by atoms with Gasteiger partial charge in [-0.1, -0.05) is 30.3 Å². The average molecular weight is 361 g/mol. The first kappa shape index (κ1) is 16.9. The minimum Gasteiger partial charge on any atom is -0.490 e. The van der Waals surface area contributed by atoms with E-state index in [0.717, 1.165) is 6.07 Å². The number of nitrogens with zero attached hydrogens (tertiary/aromatic N) is 3. The second-order valence-corrected chi connectivity index (χ2v) is 7.10. The number of nitro benzene ring substituents is 1. The molecular formula is C16H15N3O5S. The molecular weight excluding hydrogens is 346 g/mol. The van der Waals surface area contributed by atoms with Crippen LogP contribution in [-0.4, -0.2) is 43.7 Å². The van der Waals surface area contributed by atoms with Crippen LogP contribution < -0.4 is 4.74 Å². The Morgan fingerprint density at radius 3 is 2.56 bits per heavy atom. The van der Waals surface area contributed by atoms with Crippen LogP contribution in [0.3, 0.4) is 0 Å². The van der Waals surface area contributed by atoms with Crippen molar-refractivity contribution in [3.05, 3.63) is 64.2 Å². The number of hydrogen-bond donors (Lipinski definition) is 0. The van der Waals surface area contributed by atoms with Gasteiger partial charge in [0.15, 0.2) is 5.75 Å². The quantitative estimate of drug-likeness (QED) is 0.599. The molecule has 0 radical (unpaired) electrons. The number of methoxy groups -OCH3 is 1. The Labute approximate surface area is 144 Å². The third kappa shape index (κ3) is 3.05. The van der Waals surface area contributed by atoms with Crippen molar-refractivity contribution in [2.45, 2.75) is 4.90 Å². The Hall–Kier alpha value is -2.94. The summed E-state index contributed by atoms with van der Waals surface area (Å²) >= 11 is 0. The van der Waals surface area contributed by atoms with Crippen LogP contribution in [-0.2, 0) is 10.0 Å². The first-order chi connectivity index (χ1) is 11.9. The minimum absolute atomic E-state index is 0.00215. The van der Waals surface area contributed by atoms with Crippen LogP contribution in [0.2, 0.25) is 0 Å². The van der Waals surface area contributed by atoms with Crippen molar-refractivity contribution in [3.8, 4) is 5.75 Å². The second-order valence-electron chi connectivity index (χ2n) is 5.24. The summed E-state index contributed by atoms with van der Waals surface area (Å²) in [4.78, 5) is 14.6. The molecule has 2 aromatic rings. The molecule has 0 saturated carbocycles. The van der Waals surface area contributed by atoms with Crippen molar-refractivity contribution in [1.29, 1.82) is 0 Å². The van der Waals surface area contributed by atoms with Crippen LogP contribution in [0.25, 0.3) is 0 Å². The maximum Gasteiger partial charge on any atom is 0.312 e. The number of aliphatic imine (C=N–C) groups is 1. The van der Waals surface area contributed by atoms with E-state index < -0.39 is 20.6 Å². The highest BCUT2D eigenvalue weighted by Crippen LogP contribution is 2.31. The number of sulfonamides is 1. The summed E-state index contributed by atoms with van der Waals surface area (Å²) in [5.74, 6) is 0.335. The van der Waals surface area contributed by atoms with E-state index in [9.17, 15) is 18.5 Å². The highest BCUT2D eigenvalue weighted by molar-refractivity contribution is 7.89. The van der Waals surface area contributed by atoms with E-state index in [2.05, 4.69) is 4.99 Å². The SMILES string of the molecule is COc1ccc(S(=O)(=O)N2CCN=C2c2ccccc2)cc1[N+](=O)[O-]. The molecule has 0 fully saturated rings. The van der Waals surface area contributed by atoms with E-state index in [1.807, 2.05) is 6.07 Å². The van der Waals surface area contributed by atoms with Crippen molar-refractivity contribution >= 4 is 21.5 Å². The van der Waals surface area contributed by atoms with Gasteiger partial charge in [0.2, 0.25) is 0 Å². The molecule has 0 aliphatic carbocycles. The lowest BCUT2D eigenvalue weighted by Crippen LogP contribution is -2.34. The third-order valence-corrected chi connectivity index (χ3v) is 5.55. The molecule has 0 atom stereocenters. The van der Waals surface area contributed by atoms with Gasteiger partial charge < -0.3 is 4.74 Å². The Kier molecular flexibility index (Phi) is 4.41. The van der Waals surface area contributed by atoms with Crippen molar-refractivity contribution in [2.75, 3.05) is 20.2 Å². The lowest BCUT2D eigenvalue weighted by Gasteiger charge is -2.20. The molecule has 8 nitrogen and oxygen atoms in total. The molecule has 25 heavy (non-hydrogen) atoms. The van der Waals surface area contributed by atoms with Gasteiger partial charge in [0.25, 0.3) is 10.0 Å². The standard InChI is InChI=1S/C16H15N3O5S/c1-24-15-8-7-13(11-14(15)19(20)21)25(22,23)18-10-9-17-16(18)12-5-3-2-4-6-12/h2-8,11H,9-10H2,1H3. The van der Waals surface area contributed by atoms with E-state index in [0.29, 0.717) is 17.9 Å². The summed E-state index contributed by atoms with van der Waals surface area (Å²) in [5, 5.41) is 11.2. The number of amidine groups is 1. The van der Waals surface area contributed by atoms with E-state index in [1.54, 1.807) is 24.3 Å². The fourth-order valence-corrected chi connectivity index (χ4v) is 4.06. The molecule has 2 aromatic carbocycles. The maximum atomic E-state index is 13.0. The summed E-state index contributed by atoms with van der Waals surface area (Å²) in [6.45, 7) is 0.522. The highest BCUT2D eigenvalue weighted by atomic mass is 32.2. The van der Waals surface area contributed by atoms with Gasteiger partial charge in [0.1, 0.15) is 5.84 Å². The number of ether oxygens (including phenoxy) is 1. The first-order valence-electron chi connectivity index (χ1n) is 7.40. The van der Waals surface area contributed by atoms with Gasteiger partial charge in [-0.05, 0) is 12.1 Å². The van der Waals surface area contributed by atoms with Gasteiger partial charge >= 0.3 is 5.69 Å². The van der Waals surface area contributed by atoms with Gasteiger partial charge in [0, 0.05) is 11.6 Å². The van der Waals surface area contributed by atoms with E-state index in [1.165, 1.54) is 23.5 Å². The monoisotopic (exact) mass is 361 g/mol. The molecule has 3 rings (SSSR count).